The molecule has 380 valence electrons. The van der Waals surface area contributed by atoms with Gasteiger partial charge in [0.1, 0.15) is 11.0 Å². The van der Waals surface area contributed by atoms with Crippen LogP contribution in [0.25, 0.3) is 31.9 Å². The number of thiophene rings is 2. The van der Waals surface area contributed by atoms with Crippen molar-refractivity contribution in [1.82, 2.24) is 8.75 Å². The van der Waals surface area contributed by atoms with Crippen molar-refractivity contribution >= 4 is 45.4 Å². The fourth-order valence-corrected chi connectivity index (χ4v) is 13.3. The predicted molar refractivity (Wildman–Crippen MR) is 306 cm³/mol. The number of fused-ring (bicyclic) bond motifs is 1. The van der Waals surface area contributed by atoms with Crippen LogP contribution >= 0.6 is 34.4 Å². The van der Waals surface area contributed by atoms with Gasteiger partial charge in [0.05, 0.1) is 11.7 Å². The van der Waals surface area contributed by atoms with Gasteiger partial charge in [-0.05, 0) is 58.7 Å². The van der Waals surface area contributed by atoms with Gasteiger partial charge in [0, 0.05) is 20.9 Å². The predicted octanol–water partition coefficient (Wildman–Crippen LogP) is 23.1. The van der Waals surface area contributed by atoms with Crippen molar-refractivity contribution in [3.05, 3.63) is 46.2 Å². The first-order chi connectivity index (χ1) is 33.2. The maximum atomic E-state index is 4.97. The normalized spacial score (nSPS) is 12.8. The summed E-state index contributed by atoms with van der Waals surface area (Å²) in [4.78, 5) is 2.73. The standard InChI is InChI=1S/C62H104N2S3/c1-5-9-13-17-21-25-27-31-35-39-43-53(41-37-33-29-23-19-15-11-7-3)47-55-49-59(65-51-55)57-45-46-58(62-61(57)63-67-64-62)60-50-56(52-66-60)48-54(42-38-34-30-24-20-16-12-8-4)44-40-36-32-28-26-22-18-14-10-6-2/h45-46,49-54H,5-44,47-48H2,1-4H3. The number of benzene rings is 1. The second kappa shape index (κ2) is 39.1. The minimum atomic E-state index is 0.808. The molecule has 0 fully saturated rings. The summed E-state index contributed by atoms with van der Waals surface area (Å²) in [5.41, 5.74) is 7.83. The maximum Gasteiger partial charge on any atom is 0.114 e. The first-order valence-corrected chi connectivity index (χ1v) is 32.1. The molecule has 2 nitrogen and oxygen atoms in total. The number of nitrogens with zero attached hydrogens (tertiary/aromatic N) is 2. The molecule has 0 amide bonds. The van der Waals surface area contributed by atoms with Crippen LogP contribution in [0.5, 0.6) is 0 Å². The lowest BCUT2D eigenvalue weighted by Crippen LogP contribution is -2.05. The average molecular weight is 974 g/mol. The highest BCUT2D eigenvalue weighted by atomic mass is 32.1. The van der Waals surface area contributed by atoms with E-state index in [-0.39, 0.29) is 0 Å². The third kappa shape index (κ3) is 25.4. The molecular formula is C62H104N2S3. The molecule has 0 aliphatic heterocycles. The number of unbranched alkanes of at least 4 members (excludes halogenated alkanes) is 32. The summed E-state index contributed by atoms with van der Waals surface area (Å²) in [5, 5.41) is 4.94. The summed E-state index contributed by atoms with van der Waals surface area (Å²) < 4.78 is 9.93. The van der Waals surface area contributed by atoms with Gasteiger partial charge in [-0.2, -0.15) is 8.75 Å². The highest BCUT2D eigenvalue weighted by Crippen LogP contribution is 2.40. The molecule has 0 spiro atoms. The maximum absolute atomic E-state index is 4.97. The summed E-state index contributed by atoms with van der Waals surface area (Å²) in [7, 11) is 0. The molecule has 0 N–H and O–H groups in total. The molecule has 0 saturated heterocycles. The highest BCUT2D eigenvalue weighted by Gasteiger charge is 2.19. The van der Waals surface area contributed by atoms with Crippen molar-refractivity contribution in [3.8, 4) is 20.9 Å². The Morgan fingerprint density at radius 2 is 0.597 bits per heavy atom. The van der Waals surface area contributed by atoms with E-state index in [4.69, 9.17) is 8.75 Å². The second-order valence-corrected chi connectivity index (χ2v) is 23.7. The van der Waals surface area contributed by atoms with Crippen LogP contribution in [-0.2, 0) is 12.8 Å². The van der Waals surface area contributed by atoms with E-state index in [1.165, 1.54) is 302 Å². The molecule has 1 aromatic carbocycles. The lowest BCUT2D eigenvalue weighted by atomic mass is 9.89. The van der Waals surface area contributed by atoms with Crippen LogP contribution in [0.2, 0.25) is 0 Å². The van der Waals surface area contributed by atoms with Crippen molar-refractivity contribution in [2.45, 2.75) is 297 Å². The molecular weight excluding hydrogens is 869 g/mol. The highest BCUT2D eigenvalue weighted by molar-refractivity contribution is 7.14. The molecule has 4 aromatic rings. The largest absolute Gasteiger partial charge is 0.172 e. The summed E-state index contributed by atoms with van der Waals surface area (Å²) in [6.07, 6.45) is 59.1. The summed E-state index contributed by atoms with van der Waals surface area (Å²) in [6, 6.07) is 9.77. The Kier molecular flexibility index (Phi) is 33.9. The number of hydrogen-bond donors (Lipinski definition) is 0. The van der Waals surface area contributed by atoms with E-state index < -0.39 is 0 Å². The van der Waals surface area contributed by atoms with Gasteiger partial charge in [-0.25, -0.2) is 0 Å². The Balaban J connectivity index is 1.33. The van der Waals surface area contributed by atoms with Crippen molar-refractivity contribution in [2.24, 2.45) is 11.8 Å². The summed E-state index contributed by atoms with van der Waals surface area (Å²) in [5.74, 6) is 1.62. The van der Waals surface area contributed by atoms with Crippen molar-refractivity contribution in [2.75, 3.05) is 0 Å². The molecule has 0 radical (unpaired) electrons. The fraction of sp³-hybridized carbons (Fsp3) is 0.774. The minimum Gasteiger partial charge on any atom is -0.172 e. The number of rotatable bonds is 46. The van der Waals surface area contributed by atoms with Crippen molar-refractivity contribution in [3.63, 3.8) is 0 Å². The third-order valence-electron chi connectivity index (χ3n) is 15.2. The van der Waals surface area contributed by atoms with Gasteiger partial charge in [-0.3, -0.25) is 0 Å². The van der Waals surface area contributed by atoms with E-state index in [9.17, 15) is 0 Å². The SMILES string of the molecule is CCCCCCCCCCCCC(CCCCCCCCCC)Cc1csc(-c2ccc(-c3cc(CC(CCCCCCCCCC)CCCCCCCCCCCC)cs3)c3nsnc23)c1. The van der Waals surface area contributed by atoms with Crippen LogP contribution in [0.1, 0.15) is 296 Å². The zero-order chi connectivity index (χ0) is 47.3. The first-order valence-electron chi connectivity index (χ1n) is 29.6. The lowest BCUT2D eigenvalue weighted by Gasteiger charge is -2.16. The number of aromatic nitrogens is 2. The molecule has 4 rings (SSSR count). The van der Waals surface area contributed by atoms with Gasteiger partial charge < -0.3 is 0 Å². The van der Waals surface area contributed by atoms with E-state index in [2.05, 4.69) is 62.7 Å². The Hall–Kier alpha value is -1.56. The van der Waals surface area contributed by atoms with E-state index in [0.29, 0.717) is 0 Å². The molecule has 0 saturated carbocycles. The van der Waals surface area contributed by atoms with E-state index in [1.54, 1.807) is 11.1 Å². The van der Waals surface area contributed by atoms with Gasteiger partial charge in [-0.15, -0.1) is 22.7 Å². The smallest absolute Gasteiger partial charge is 0.114 e. The lowest BCUT2D eigenvalue weighted by molar-refractivity contribution is 0.400. The van der Waals surface area contributed by atoms with Crippen LogP contribution in [0, 0.1) is 11.8 Å². The molecule has 3 heterocycles. The quantitative estimate of drug-likeness (QED) is 0.0413. The molecule has 67 heavy (non-hydrogen) atoms. The van der Waals surface area contributed by atoms with Gasteiger partial charge in [0.25, 0.3) is 0 Å². The van der Waals surface area contributed by atoms with Crippen LogP contribution in [0.15, 0.2) is 35.0 Å². The molecule has 5 heteroatoms. The van der Waals surface area contributed by atoms with Crippen LogP contribution in [0.4, 0.5) is 0 Å². The Labute approximate surface area is 427 Å². The van der Waals surface area contributed by atoms with Gasteiger partial charge in [-0.1, -0.05) is 297 Å². The Morgan fingerprint density at radius 3 is 0.866 bits per heavy atom. The zero-order valence-corrected chi connectivity index (χ0v) is 46.9. The average Bonchev–Trinajstić information content (AvgIpc) is 4.14. The molecule has 0 aliphatic carbocycles. The molecule has 2 atom stereocenters. The monoisotopic (exact) mass is 973 g/mol. The van der Waals surface area contributed by atoms with E-state index in [1.807, 2.05) is 22.7 Å². The molecule has 0 bridgehead atoms. The van der Waals surface area contributed by atoms with Gasteiger partial charge >= 0.3 is 0 Å². The Bertz CT molecular complexity index is 1590. The fourth-order valence-electron chi connectivity index (χ4n) is 10.9. The van der Waals surface area contributed by atoms with Crippen LogP contribution in [0.3, 0.4) is 0 Å². The minimum absolute atomic E-state index is 0.808. The summed E-state index contributed by atoms with van der Waals surface area (Å²) >= 11 is 5.25. The molecule has 3 aromatic heterocycles. The topological polar surface area (TPSA) is 25.8 Å². The molecule has 0 aliphatic rings. The first kappa shape index (κ1) is 58.0. The number of hydrogen-bond acceptors (Lipinski definition) is 5. The third-order valence-corrected chi connectivity index (χ3v) is 17.7. The van der Waals surface area contributed by atoms with E-state index in [0.717, 1.165) is 22.9 Å². The molecule has 2 unspecified atom stereocenters. The Morgan fingerprint density at radius 1 is 0.343 bits per heavy atom. The van der Waals surface area contributed by atoms with Crippen molar-refractivity contribution in [1.29, 1.82) is 0 Å². The van der Waals surface area contributed by atoms with E-state index >= 15 is 0 Å². The van der Waals surface area contributed by atoms with Crippen LogP contribution in [-0.4, -0.2) is 8.75 Å². The van der Waals surface area contributed by atoms with Gasteiger partial charge in [0.15, 0.2) is 0 Å². The van der Waals surface area contributed by atoms with Crippen LogP contribution < -0.4 is 0 Å². The van der Waals surface area contributed by atoms with Crippen molar-refractivity contribution < 1.29 is 0 Å². The van der Waals surface area contributed by atoms with Gasteiger partial charge in [0.2, 0.25) is 0 Å². The zero-order valence-electron chi connectivity index (χ0n) is 44.4. The second-order valence-electron chi connectivity index (χ2n) is 21.4. The summed E-state index contributed by atoms with van der Waals surface area (Å²) in [6.45, 7) is 9.29.